The third-order valence-corrected chi connectivity index (χ3v) is 5.09. The highest BCUT2D eigenvalue weighted by Gasteiger charge is 2.15. The van der Waals surface area contributed by atoms with Gasteiger partial charge in [0.2, 0.25) is 5.91 Å². The van der Waals surface area contributed by atoms with Crippen molar-refractivity contribution in [2.24, 2.45) is 0 Å². The summed E-state index contributed by atoms with van der Waals surface area (Å²) in [5.41, 5.74) is 5.98. The van der Waals surface area contributed by atoms with Crippen molar-refractivity contribution in [2.75, 3.05) is 16.8 Å². The highest BCUT2D eigenvalue weighted by Crippen LogP contribution is 2.30. The van der Waals surface area contributed by atoms with Gasteiger partial charge in [-0.1, -0.05) is 48.5 Å². The summed E-state index contributed by atoms with van der Waals surface area (Å²) in [6.07, 6.45) is 2.67. The lowest BCUT2D eigenvalue weighted by atomic mass is 10.0. The number of carbonyl (C=O) groups excluding carboxylic acids is 1. The number of benzene rings is 3. The lowest BCUT2D eigenvalue weighted by molar-refractivity contribution is -0.115. The molecule has 1 heterocycles. The molecule has 4 heteroatoms. The molecule has 0 radical (unpaired) electrons. The Balaban J connectivity index is 1.49. The monoisotopic (exact) mass is 407 g/mol. The second-order valence-electron chi connectivity index (χ2n) is 7.32. The average molecular weight is 408 g/mol. The maximum atomic E-state index is 12.5. The summed E-state index contributed by atoms with van der Waals surface area (Å²) < 4.78 is 0. The second kappa shape index (κ2) is 9.72. The normalized spacial score (nSPS) is 10.5. The molecule has 4 nitrogen and oxygen atoms in total. The standard InChI is InChI=1S/C27H25N3O/c1-21(31)30(27-12-7-10-23(20-27)22-8-3-2-4-9-22)26-15-13-25(14-16-26)29-19-17-24-11-5-6-18-28-24/h2-16,18,20,29H,17,19H2,1H3. The molecule has 1 N–H and O–H groups in total. The molecule has 4 aromatic rings. The molecule has 0 bridgehead atoms. The minimum Gasteiger partial charge on any atom is -0.385 e. The van der Waals surface area contributed by atoms with Gasteiger partial charge < -0.3 is 5.32 Å². The van der Waals surface area contributed by atoms with Gasteiger partial charge in [-0.05, 0) is 59.7 Å². The van der Waals surface area contributed by atoms with E-state index in [0.29, 0.717) is 0 Å². The topological polar surface area (TPSA) is 45.2 Å². The van der Waals surface area contributed by atoms with Crippen molar-refractivity contribution < 1.29 is 4.79 Å². The number of nitrogens with one attached hydrogen (secondary N) is 1. The van der Waals surface area contributed by atoms with Gasteiger partial charge in [0.15, 0.2) is 0 Å². The van der Waals surface area contributed by atoms with Gasteiger partial charge in [-0.15, -0.1) is 0 Å². The first-order valence-electron chi connectivity index (χ1n) is 10.4. The number of hydrogen-bond acceptors (Lipinski definition) is 3. The molecular formula is C27H25N3O. The van der Waals surface area contributed by atoms with E-state index in [-0.39, 0.29) is 5.91 Å². The number of anilines is 3. The number of aromatic nitrogens is 1. The predicted molar refractivity (Wildman–Crippen MR) is 128 cm³/mol. The number of rotatable bonds is 7. The van der Waals surface area contributed by atoms with Crippen molar-refractivity contribution in [2.45, 2.75) is 13.3 Å². The van der Waals surface area contributed by atoms with Gasteiger partial charge in [0.05, 0.1) is 0 Å². The third kappa shape index (κ3) is 5.17. The molecule has 4 rings (SSSR count). The fraction of sp³-hybridized carbons (Fsp3) is 0.111. The number of carbonyl (C=O) groups is 1. The molecule has 0 unspecified atom stereocenters. The number of amides is 1. The SMILES string of the molecule is CC(=O)N(c1ccc(NCCc2ccccn2)cc1)c1cccc(-c2ccccc2)c1. The van der Waals surface area contributed by atoms with Crippen molar-refractivity contribution in [3.05, 3.63) is 109 Å². The summed E-state index contributed by atoms with van der Waals surface area (Å²) >= 11 is 0. The Bertz CT molecular complexity index is 1130. The summed E-state index contributed by atoms with van der Waals surface area (Å²) in [5.74, 6) is -0.0268. The lowest BCUT2D eigenvalue weighted by Crippen LogP contribution is -2.22. The molecule has 0 saturated heterocycles. The quantitative estimate of drug-likeness (QED) is 0.403. The van der Waals surface area contributed by atoms with Crippen molar-refractivity contribution >= 4 is 23.0 Å². The molecule has 1 amide bonds. The Kier molecular flexibility index (Phi) is 6.38. The average Bonchev–Trinajstić information content (AvgIpc) is 2.82. The molecular weight excluding hydrogens is 382 g/mol. The zero-order valence-electron chi connectivity index (χ0n) is 17.5. The smallest absolute Gasteiger partial charge is 0.228 e. The van der Waals surface area contributed by atoms with E-state index in [1.165, 1.54) is 0 Å². The van der Waals surface area contributed by atoms with E-state index in [1.807, 2.05) is 79.0 Å². The van der Waals surface area contributed by atoms with Crippen LogP contribution >= 0.6 is 0 Å². The fourth-order valence-electron chi connectivity index (χ4n) is 3.58. The van der Waals surface area contributed by atoms with Crippen LogP contribution in [0.1, 0.15) is 12.6 Å². The van der Waals surface area contributed by atoms with Crippen molar-refractivity contribution in [1.82, 2.24) is 4.98 Å². The molecule has 0 aliphatic carbocycles. The van der Waals surface area contributed by atoms with E-state index in [2.05, 4.69) is 34.6 Å². The molecule has 154 valence electrons. The van der Waals surface area contributed by atoms with Gasteiger partial charge >= 0.3 is 0 Å². The molecule has 0 fully saturated rings. The highest BCUT2D eigenvalue weighted by molar-refractivity contribution is 5.99. The molecule has 1 aromatic heterocycles. The zero-order valence-corrected chi connectivity index (χ0v) is 17.5. The van der Waals surface area contributed by atoms with Gasteiger partial charge in [-0.25, -0.2) is 0 Å². The molecule has 0 aliphatic heterocycles. The van der Waals surface area contributed by atoms with Gasteiger partial charge in [0, 0.05) is 48.8 Å². The Hall–Kier alpha value is -3.92. The predicted octanol–water partition coefficient (Wildman–Crippen LogP) is 6.09. The van der Waals surface area contributed by atoms with Crippen LogP contribution in [0.3, 0.4) is 0 Å². The van der Waals surface area contributed by atoms with E-state index < -0.39 is 0 Å². The van der Waals surface area contributed by atoms with Crippen molar-refractivity contribution in [3.8, 4) is 11.1 Å². The molecule has 0 aliphatic rings. The Morgan fingerprint density at radius 1 is 0.806 bits per heavy atom. The number of hydrogen-bond donors (Lipinski definition) is 1. The van der Waals surface area contributed by atoms with Crippen LogP contribution in [0.15, 0.2) is 103 Å². The minimum absolute atomic E-state index is 0.0268. The largest absolute Gasteiger partial charge is 0.385 e. The minimum atomic E-state index is -0.0268. The lowest BCUT2D eigenvalue weighted by Gasteiger charge is -2.22. The van der Waals surface area contributed by atoms with Crippen LogP contribution in [0.25, 0.3) is 11.1 Å². The summed E-state index contributed by atoms with van der Waals surface area (Å²) in [6.45, 7) is 2.39. The molecule has 3 aromatic carbocycles. The summed E-state index contributed by atoms with van der Waals surface area (Å²) in [6, 6.07) is 32.1. The molecule has 0 spiro atoms. The first-order chi connectivity index (χ1) is 15.2. The van der Waals surface area contributed by atoms with Crippen LogP contribution in [0, 0.1) is 0 Å². The van der Waals surface area contributed by atoms with Crippen LogP contribution in [0.4, 0.5) is 17.1 Å². The summed E-state index contributed by atoms with van der Waals surface area (Å²) in [4.78, 5) is 18.6. The first-order valence-corrected chi connectivity index (χ1v) is 10.4. The number of pyridine rings is 1. The van der Waals surface area contributed by atoms with Crippen LogP contribution in [0.2, 0.25) is 0 Å². The Labute approximate surface area is 183 Å². The van der Waals surface area contributed by atoms with E-state index >= 15 is 0 Å². The Morgan fingerprint density at radius 2 is 1.55 bits per heavy atom. The van der Waals surface area contributed by atoms with E-state index in [1.54, 1.807) is 11.8 Å². The van der Waals surface area contributed by atoms with Gasteiger partial charge in [0.1, 0.15) is 0 Å². The Morgan fingerprint density at radius 3 is 2.26 bits per heavy atom. The van der Waals surface area contributed by atoms with Crippen LogP contribution in [-0.2, 0) is 11.2 Å². The van der Waals surface area contributed by atoms with Crippen LogP contribution in [-0.4, -0.2) is 17.4 Å². The van der Waals surface area contributed by atoms with Crippen molar-refractivity contribution in [1.29, 1.82) is 0 Å². The van der Waals surface area contributed by atoms with E-state index in [0.717, 1.165) is 46.8 Å². The molecule has 31 heavy (non-hydrogen) atoms. The molecule has 0 atom stereocenters. The maximum absolute atomic E-state index is 12.5. The van der Waals surface area contributed by atoms with Crippen LogP contribution < -0.4 is 10.2 Å². The summed E-state index contributed by atoms with van der Waals surface area (Å²) in [7, 11) is 0. The summed E-state index contributed by atoms with van der Waals surface area (Å²) in [5, 5.41) is 3.42. The van der Waals surface area contributed by atoms with E-state index in [4.69, 9.17) is 0 Å². The second-order valence-corrected chi connectivity index (χ2v) is 7.32. The number of nitrogens with zero attached hydrogens (tertiary/aromatic N) is 2. The van der Waals surface area contributed by atoms with Crippen LogP contribution in [0.5, 0.6) is 0 Å². The first kappa shape index (κ1) is 20.4. The third-order valence-electron chi connectivity index (χ3n) is 5.09. The highest BCUT2D eigenvalue weighted by atomic mass is 16.2. The van der Waals surface area contributed by atoms with Gasteiger partial charge in [-0.3, -0.25) is 14.7 Å². The van der Waals surface area contributed by atoms with Gasteiger partial charge in [-0.2, -0.15) is 0 Å². The molecule has 0 saturated carbocycles. The maximum Gasteiger partial charge on any atom is 0.228 e. The van der Waals surface area contributed by atoms with Crippen molar-refractivity contribution in [3.63, 3.8) is 0 Å². The van der Waals surface area contributed by atoms with E-state index in [9.17, 15) is 4.79 Å². The van der Waals surface area contributed by atoms with Gasteiger partial charge in [0.25, 0.3) is 0 Å². The zero-order chi connectivity index (χ0) is 21.5. The fourth-order valence-corrected chi connectivity index (χ4v) is 3.58.